The van der Waals surface area contributed by atoms with Crippen LogP contribution in [0.15, 0.2) is 0 Å². The number of carbonyl (C=O) groups is 1. The molecule has 0 N–H and O–H groups in total. The van der Waals surface area contributed by atoms with Crippen LogP contribution in [0, 0.1) is 0 Å². The van der Waals surface area contributed by atoms with Crippen LogP contribution in [0.25, 0.3) is 0 Å². The van der Waals surface area contributed by atoms with E-state index in [1.54, 1.807) is 0 Å². The Morgan fingerprint density at radius 2 is 1.71 bits per heavy atom. The molecule has 14 heavy (non-hydrogen) atoms. The summed E-state index contributed by atoms with van der Waals surface area (Å²) in [6, 6.07) is 0. The minimum absolute atomic E-state index is 0.503. The lowest BCUT2D eigenvalue weighted by Gasteiger charge is -2.22. The van der Waals surface area contributed by atoms with E-state index < -0.39 is 10.8 Å². The third kappa shape index (κ3) is 6.25. The fourth-order valence-corrected chi connectivity index (χ4v) is 1.47. The predicted molar refractivity (Wildman–Crippen MR) is 57.3 cm³/mol. The third-order valence-electron chi connectivity index (χ3n) is 2.43. The Morgan fingerprint density at radius 1 is 1.21 bits per heavy atom. The molecule has 0 rings (SSSR count). The highest BCUT2D eigenvalue weighted by Gasteiger charge is 2.21. The minimum Gasteiger partial charge on any atom is -0.548 e. The number of hydrogen-bond acceptors (Lipinski definition) is 2. The first-order chi connectivity index (χ1) is 6.50. The number of halogens is 1. The van der Waals surface area contributed by atoms with Crippen molar-refractivity contribution in [2.75, 3.05) is 0 Å². The van der Waals surface area contributed by atoms with Gasteiger partial charge in [0, 0.05) is 0 Å². The first kappa shape index (κ1) is 13.8. The molecule has 0 amide bonds. The van der Waals surface area contributed by atoms with Crippen molar-refractivity contribution in [1.82, 2.24) is 0 Å². The highest BCUT2D eigenvalue weighted by Crippen LogP contribution is 2.22. The van der Waals surface area contributed by atoms with Gasteiger partial charge in [-0.1, -0.05) is 45.4 Å². The molecule has 0 aromatic rings. The Balaban J connectivity index is 3.40. The fourth-order valence-electron chi connectivity index (χ4n) is 1.34. The summed E-state index contributed by atoms with van der Waals surface area (Å²) in [6.07, 6.45) is 7.34. The maximum Gasteiger partial charge on any atom is 0.0811 e. The van der Waals surface area contributed by atoms with Crippen LogP contribution in [0.1, 0.15) is 58.8 Å². The van der Waals surface area contributed by atoms with Gasteiger partial charge in [0.2, 0.25) is 0 Å². The lowest BCUT2D eigenvalue weighted by atomic mass is 10.0. The van der Waals surface area contributed by atoms with Gasteiger partial charge in [-0.15, -0.1) is 11.6 Å². The van der Waals surface area contributed by atoms with Crippen LogP contribution < -0.4 is 5.11 Å². The quantitative estimate of drug-likeness (QED) is 0.465. The number of aliphatic carboxylic acids is 1. The number of unbranched alkanes of at least 4 members (excludes halogenated alkanes) is 5. The van der Waals surface area contributed by atoms with Crippen LogP contribution in [0.2, 0.25) is 0 Å². The minimum atomic E-state index is -1.18. The second-order valence-electron chi connectivity index (χ2n) is 4.00. The van der Waals surface area contributed by atoms with Gasteiger partial charge in [0.1, 0.15) is 0 Å². The molecule has 3 heteroatoms. The van der Waals surface area contributed by atoms with Crippen molar-refractivity contribution in [2.24, 2.45) is 0 Å². The van der Waals surface area contributed by atoms with Crippen molar-refractivity contribution in [2.45, 2.75) is 63.7 Å². The number of carbonyl (C=O) groups excluding carboxylic acids is 1. The molecule has 0 heterocycles. The van der Waals surface area contributed by atoms with Gasteiger partial charge in [-0.25, -0.2) is 0 Å². The average Bonchev–Trinajstić information content (AvgIpc) is 2.10. The maximum absolute atomic E-state index is 10.5. The third-order valence-corrected chi connectivity index (χ3v) is 2.77. The largest absolute Gasteiger partial charge is 0.548 e. The van der Waals surface area contributed by atoms with Crippen molar-refractivity contribution >= 4 is 17.6 Å². The number of rotatable bonds is 8. The van der Waals surface area contributed by atoms with Crippen molar-refractivity contribution in [3.8, 4) is 0 Å². The van der Waals surface area contributed by atoms with Crippen LogP contribution in [0.3, 0.4) is 0 Å². The standard InChI is InChI=1S/C11H21ClO2/c1-3-4-5-6-7-8-9-11(2,12)10(13)14/h3-9H2,1-2H3,(H,13,14)/p-1. The van der Waals surface area contributed by atoms with Crippen LogP contribution in [-0.2, 0) is 4.79 Å². The van der Waals surface area contributed by atoms with E-state index in [0.29, 0.717) is 6.42 Å². The molecular weight excluding hydrogens is 200 g/mol. The zero-order chi connectivity index (χ0) is 11.0. The van der Waals surface area contributed by atoms with Crippen molar-refractivity contribution in [1.29, 1.82) is 0 Å². The van der Waals surface area contributed by atoms with E-state index in [1.807, 2.05) is 0 Å². The molecule has 0 saturated carbocycles. The SMILES string of the molecule is CCCCCCCCC(C)(Cl)C(=O)[O-]. The van der Waals surface area contributed by atoms with Gasteiger partial charge < -0.3 is 9.90 Å². The topological polar surface area (TPSA) is 40.1 Å². The second kappa shape index (κ2) is 7.10. The van der Waals surface area contributed by atoms with Gasteiger partial charge in [-0.05, 0) is 13.3 Å². The van der Waals surface area contributed by atoms with Crippen LogP contribution in [-0.4, -0.2) is 10.8 Å². The van der Waals surface area contributed by atoms with Gasteiger partial charge in [0.15, 0.2) is 0 Å². The average molecular weight is 220 g/mol. The number of carboxylic acid groups (broad SMARTS) is 1. The summed E-state index contributed by atoms with van der Waals surface area (Å²) in [4.78, 5) is 9.37. The molecule has 1 unspecified atom stereocenters. The first-order valence-corrected chi connectivity index (χ1v) is 5.79. The summed E-state index contributed by atoms with van der Waals surface area (Å²) in [5, 5.41) is 10.5. The second-order valence-corrected chi connectivity index (χ2v) is 4.84. The summed E-state index contributed by atoms with van der Waals surface area (Å²) in [7, 11) is 0. The molecule has 0 bridgehead atoms. The van der Waals surface area contributed by atoms with Crippen molar-refractivity contribution in [3.63, 3.8) is 0 Å². The molecule has 0 spiro atoms. The summed E-state index contributed by atoms with van der Waals surface area (Å²) < 4.78 is 0. The molecule has 0 radical (unpaired) electrons. The molecule has 1 atom stereocenters. The van der Waals surface area contributed by atoms with E-state index in [4.69, 9.17) is 11.6 Å². The van der Waals surface area contributed by atoms with Gasteiger partial charge in [0.05, 0.1) is 10.8 Å². The number of alkyl halides is 1. The first-order valence-electron chi connectivity index (χ1n) is 5.41. The normalized spacial score (nSPS) is 15.1. The van der Waals surface area contributed by atoms with E-state index in [2.05, 4.69) is 6.92 Å². The zero-order valence-corrected chi connectivity index (χ0v) is 9.90. The molecule has 0 aliphatic heterocycles. The monoisotopic (exact) mass is 219 g/mol. The Morgan fingerprint density at radius 3 is 2.21 bits per heavy atom. The van der Waals surface area contributed by atoms with Gasteiger partial charge in [-0.3, -0.25) is 0 Å². The summed E-state index contributed by atoms with van der Waals surface area (Å²) in [5.41, 5.74) is 0. The van der Waals surface area contributed by atoms with Crippen molar-refractivity contribution < 1.29 is 9.90 Å². The molecule has 0 aliphatic rings. The molecule has 0 aliphatic carbocycles. The van der Waals surface area contributed by atoms with Crippen LogP contribution in [0.5, 0.6) is 0 Å². The Bertz CT molecular complexity index is 167. The highest BCUT2D eigenvalue weighted by atomic mass is 35.5. The number of hydrogen-bond donors (Lipinski definition) is 0. The van der Waals surface area contributed by atoms with E-state index in [-0.39, 0.29) is 0 Å². The molecular formula is C11H20ClO2-. The number of carboxylic acids is 1. The predicted octanol–water partition coefficient (Wildman–Crippen LogP) is 2.48. The molecule has 84 valence electrons. The molecule has 0 fully saturated rings. The summed E-state index contributed by atoms with van der Waals surface area (Å²) >= 11 is 5.75. The Labute approximate surface area is 91.6 Å². The molecule has 2 nitrogen and oxygen atoms in total. The zero-order valence-electron chi connectivity index (χ0n) is 9.14. The Kier molecular flexibility index (Phi) is 6.98. The molecule has 0 saturated heterocycles. The smallest absolute Gasteiger partial charge is 0.0811 e. The highest BCUT2D eigenvalue weighted by molar-refractivity contribution is 6.33. The van der Waals surface area contributed by atoms with E-state index in [1.165, 1.54) is 32.6 Å². The van der Waals surface area contributed by atoms with E-state index in [9.17, 15) is 9.90 Å². The summed E-state index contributed by atoms with van der Waals surface area (Å²) in [6.45, 7) is 3.68. The van der Waals surface area contributed by atoms with E-state index in [0.717, 1.165) is 12.8 Å². The van der Waals surface area contributed by atoms with Gasteiger partial charge in [-0.2, -0.15) is 0 Å². The molecule has 0 aromatic carbocycles. The lowest BCUT2D eigenvalue weighted by molar-refractivity contribution is -0.309. The summed E-state index contributed by atoms with van der Waals surface area (Å²) in [5.74, 6) is -1.16. The van der Waals surface area contributed by atoms with Gasteiger partial charge in [0.25, 0.3) is 0 Å². The molecule has 0 aromatic heterocycles. The Hall–Kier alpha value is -0.240. The fraction of sp³-hybridized carbons (Fsp3) is 0.909. The van der Waals surface area contributed by atoms with Crippen molar-refractivity contribution in [3.05, 3.63) is 0 Å². The van der Waals surface area contributed by atoms with Crippen LogP contribution >= 0.6 is 11.6 Å². The van der Waals surface area contributed by atoms with E-state index >= 15 is 0 Å². The van der Waals surface area contributed by atoms with Crippen LogP contribution in [0.4, 0.5) is 0 Å². The van der Waals surface area contributed by atoms with Gasteiger partial charge >= 0.3 is 0 Å². The maximum atomic E-state index is 10.5. The lowest BCUT2D eigenvalue weighted by Crippen LogP contribution is -2.41.